The van der Waals surface area contributed by atoms with Crippen molar-refractivity contribution in [3.8, 4) is 5.69 Å². The van der Waals surface area contributed by atoms with Crippen LogP contribution in [0.3, 0.4) is 0 Å². The lowest BCUT2D eigenvalue weighted by Crippen LogP contribution is -2.27. The molecule has 5 aromatic rings. The van der Waals surface area contributed by atoms with Crippen LogP contribution in [0.4, 0.5) is 0 Å². The molecule has 0 saturated carbocycles. The van der Waals surface area contributed by atoms with Gasteiger partial charge in [0.25, 0.3) is 5.91 Å². The summed E-state index contributed by atoms with van der Waals surface area (Å²) in [6.45, 7) is 2.17. The number of hydrogen-bond donors (Lipinski definition) is 2. The van der Waals surface area contributed by atoms with E-state index >= 15 is 0 Å². The molecule has 2 aromatic heterocycles. The monoisotopic (exact) mass is 541 g/mol. The molecule has 0 atom stereocenters. The zero-order valence-electron chi connectivity index (χ0n) is 21.5. The number of fused-ring (bicyclic) bond motifs is 1. The van der Waals surface area contributed by atoms with E-state index in [0.29, 0.717) is 17.0 Å². The Kier molecular flexibility index (Phi) is 7.74. The van der Waals surface area contributed by atoms with Gasteiger partial charge in [0.15, 0.2) is 0 Å². The molecule has 0 aliphatic carbocycles. The Morgan fingerprint density at radius 2 is 1.74 bits per heavy atom. The topological polar surface area (TPSA) is 102 Å². The third-order valence-electron chi connectivity index (χ3n) is 6.80. The van der Waals surface area contributed by atoms with Gasteiger partial charge in [0.2, 0.25) is 0 Å². The van der Waals surface area contributed by atoms with Crippen LogP contribution in [0.5, 0.6) is 0 Å². The molecule has 2 heterocycles. The number of hydrogen-bond acceptors (Lipinski definition) is 4. The summed E-state index contributed by atoms with van der Waals surface area (Å²) in [5, 5.41) is 21.5. The van der Waals surface area contributed by atoms with Gasteiger partial charge in [-0.15, -0.1) is 10.2 Å². The highest BCUT2D eigenvalue weighted by Gasteiger charge is 2.20. The molecule has 2 N–H and O–H groups in total. The van der Waals surface area contributed by atoms with Crippen molar-refractivity contribution in [1.82, 2.24) is 24.6 Å². The first kappa shape index (κ1) is 26.2. The van der Waals surface area contributed by atoms with E-state index in [1.54, 1.807) is 35.4 Å². The summed E-state index contributed by atoms with van der Waals surface area (Å²) in [5.41, 5.74) is 5.97. The molecule has 0 fully saturated rings. The van der Waals surface area contributed by atoms with Crippen LogP contribution in [-0.2, 0) is 30.7 Å². The Balaban J connectivity index is 1.43. The first-order valence-electron chi connectivity index (χ1n) is 12.7. The molecular formula is C30H28ClN5O3. The van der Waals surface area contributed by atoms with Gasteiger partial charge in [-0.1, -0.05) is 53.6 Å². The van der Waals surface area contributed by atoms with Crippen molar-refractivity contribution >= 4 is 34.4 Å². The van der Waals surface area contributed by atoms with Crippen LogP contribution in [0.2, 0.25) is 5.02 Å². The van der Waals surface area contributed by atoms with E-state index in [-0.39, 0.29) is 19.0 Å². The molecule has 0 spiro atoms. The third-order valence-corrected chi connectivity index (χ3v) is 7.12. The Hall–Kier alpha value is -4.43. The van der Waals surface area contributed by atoms with E-state index in [1.807, 2.05) is 47.9 Å². The minimum absolute atomic E-state index is 0.0853. The predicted molar refractivity (Wildman–Crippen MR) is 150 cm³/mol. The Morgan fingerprint density at radius 3 is 2.46 bits per heavy atom. The van der Waals surface area contributed by atoms with E-state index in [1.165, 1.54) is 5.56 Å². The zero-order valence-corrected chi connectivity index (χ0v) is 22.2. The minimum Gasteiger partial charge on any atom is -0.481 e. The highest BCUT2D eigenvalue weighted by molar-refractivity contribution is 6.34. The van der Waals surface area contributed by atoms with Gasteiger partial charge in [-0.2, -0.15) is 0 Å². The number of aliphatic carboxylic acids is 1. The number of carboxylic acids is 1. The van der Waals surface area contributed by atoms with Crippen LogP contribution < -0.4 is 5.32 Å². The number of carbonyl (C=O) groups excluding carboxylic acids is 1. The lowest BCUT2D eigenvalue weighted by atomic mass is 10.0. The van der Waals surface area contributed by atoms with Crippen LogP contribution in [-0.4, -0.2) is 36.3 Å². The highest BCUT2D eigenvalue weighted by Crippen LogP contribution is 2.29. The molecule has 3 aromatic carbocycles. The molecular weight excluding hydrogens is 514 g/mol. The number of amides is 1. The summed E-state index contributed by atoms with van der Waals surface area (Å²) < 4.78 is 3.72. The van der Waals surface area contributed by atoms with Crippen molar-refractivity contribution in [3.63, 3.8) is 0 Å². The molecule has 8 nitrogen and oxygen atoms in total. The number of aromatic nitrogens is 4. The predicted octanol–water partition coefficient (Wildman–Crippen LogP) is 5.37. The largest absolute Gasteiger partial charge is 0.481 e. The molecule has 0 bridgehead atoms. The Morgan fingerprint density at radius 1 is 0.974 bits per heavy atom. The molecule has 9 heteroatoms. The van der Waals surface area contributed by atoms with Crippen molar-refractivity contribution in [1.29, 1.82) is 0 Å². The summed E-state index contributed by atoms with van der Waals surface area (Å²) in [6, 6.07) is 21.4. The van der Waals surface area contributed by atoms with Gasteiger partial charge in [-0.25, -0.2) is 0 Å². The van der Waals surface area contributed by atoms with Crippen molar-refractivity contribution in [2.75, 3.05) is 0 Å². The molecule has 39 heavy (non-hydrogen) atoms. The fraction of sp³-hybridized carbons (Fsp3) is 0.200. The average molecular weight is 542 g/mol. The van der Waals surface area contributed by atoms with Crippen molar-refractivity contribution in [2.24, 2.45) is 0 Å². The van der Waals surface area contributed by atoms with Gasteiger partial charge < -0.3 is 15.0 Å². The second-order valence-electron chi connectivity index (χ2n) is 9.48. The summed E-state index contributed by atoms with van der Waals surface area (Å²) in [7, 11) is 0. The maximum atomic E-state index is 13.2. The maximum absolute atomic E-state index is 13.2. The van der Waals surface area contributed by atoms with Crippen molar-refractivity contribution in [2.45, 2.75) is 39.3 Å². The van der Waals surface area contributed by atoms with E-state index < -0.39 is 5.97 Å². The third kappa shape index (κ3) is 5.86. The van der Waals surface area contributed by atoms with Gasteiger partial charge in [-0.3, -0.25) is 14.2 Å². The van der Waals surface area contributed by atoms with Gasteiger partial charge in [0, 0.05) is 16.8 Å². The number of benzene rings is 3. The lowest BCUT2D eigenvalue weighted by Gasteiger charge is -2.14. The van der Waals surface area contributed by atoms with Crippen LogP contribution in [0.1, 0.15) is 39.2 Å². The number of carboxylic acid groups (broad SMARTS) is 1. The van der Waals surface area contributed by atoms with Gasteiger partial charge in [0.05, 0.1) is 29.2 Å². The smallest absolute Gasteiger partial charge is 0.307 e. The second-order valence-corrected chi connectivity index (χ2v) is 9.89. The van der Waals surface area contributed by atoms with E-state index in [4.69, 9.17) is 11.6 Å². The van der Waals surface area contributed by atoms with Crippen LogP contribution in [0.15, 0.2) is 79.4 Å². The normalized spacial score (nSPS) is 11.1. The molecule has 0 aliphatic rings. The highest BCUT2D eigenvalue weighted by atomic mass is 35.5. The molecule has 0 unspecified atom stereocenters. The summed E-state index contributed by atoms with van der Waals surface area (Å²) in [4.78, 5) is 25.0. The maximum Gasteiger partial charge on any atom is 0.307 e. The molecule has 1 amide bonds. The Bertz CT molecular complexity index is 1630. The lowest BCUT2D eigenvalue weighted by molar-refractivity contribution is -0.136. The van der Waals surface area contributed by atoms with E-state index in [0.717, 1.165) is 46.3 Å². The van der Waals surface area contributed by atoms with Crippen LogP contribution >= 0.6 is 11.6 Å². The fourth-order valence-electron chi connectivity index (χ4n) is 4.94. The fourth-order valence-corrected chi connectivity index (χ4v) is 5.20. The molecule has 5 rings (SSSR count). The minimum atomic E-state index is -0.885. The Labute approximate surface area is 230 Å². The van der Waals surface area contributed by atoms with Gasteiger partial charge >= 0.3 is 5.97 Å². The van der Waals surface area contributed by atoms with Crippen molar-refractivity contribution in [3.05, 3.63) is 112 Å². The molecule has 0 saturated heterocycles. The number of nitrogens with one attached hydrogen (secondary N) is 1. The van der Waals surface area contributed by atoms with Crippen molar-refractivity contribution < 1.29 is 14.7 Å². The summed E-state index contributed by atoms with van der Waals surface area (Å²) >= 11 is 6.47. The van der Waals surface area contributed by atoms with E-state index in [2.05, 4.69) is 27.6 Å². The number of aryl methyl sites for hydroxylation is 2. The number of nitrogens with zero attached hydrogens (tertiary/aromatic N) is 4. The molecule has 0 aliphatic heterocycles. The standard InChI is InChI=1S/C30H28ClN5O3/c1-20-10-13-28-24(14-20)25(16-29(37)38)27(9-5-8-21-6-3-2-4-7-21)36(28)17-32-30(39)23-12-11-22(15-26(23)31)35-18-33-34-19-35/h2-4,6-7,10-15,18-19H,5,8-9,16-17H2,1H3,(H,32,39)(H,37,38). The van der Waals surface area contributed by atoms with Crippen LogP contribution in [0.25, 0.3) is 16.6 Å². The quantitative estimate of drug-likeness (QED) is 0.247. The second kappa shape index (κ2) is 11.5. The summed E-state index contributed by atoms with van der Waals surface area (Å²) in [6.07, 6.45) is 5.41. The van der Waals surface area contributed by atoms with E-state index in [9.17, 15) is 14.7 Å². The molecule has 0 radical (unpaired) electrons. The average Bonchev–Trinajstić information content (AvgIpc) is 3.55. The number of carbonyl (C=O) groups is 2. The zero-order chi connectivity index (χ0) is 27.4. The first-order chi connectivity index (χ1) is 18.9. The SMILES string of the molecule is Cc1ccc2c(c1)c(CC(=O)O)c(CCCc1ccccc1)n2CNC(=O)c1ccc(-n2cnnc2)cc1Cl. The number of halogens is 1. The molecule has 198 valence electrons. The van der Waals surface area contributed by atoms with Gasteiger partial charge in [-0.05, 0) is 67.6 Å². The van der Waals surface area contributed by atoms with Gasteiger partial charge in [0.1, 0.15) is 12.7 Å². The van der Waals surface area contributed by atoms with Crippen LogP contribution in [0, 0.1) is 6.92 Å². The summed E-state index contributed by atoms with van der Waals surface area (Å²) in [5.74, 6) is -1.21. The first-order valence-corrected chi connectivity index (χ1v) is 13.1. The number of rotatable bonds is 10.